The molecule has 0 aromatic rings. The highest BCUT2D eigenvalue weighted by molar-refractivity contribution is 5.97. The predicted octanol–water partition coefficient (Wildman–Crippen LogP) is 1.31. The minimum absolute atomic E-state index is 0.162. The lowest BCUT2D eigenvalue weighted by Gasteiger charge is -2.37. The van der Waals surface area contributed by atoms with Crippen molar-refractivity contribution in [1.82, 2.24) is 14.7 Å². The van der Waals surface area contributed by atoms with Crippen LogP contribution in [0.4, 0.5) is 0 Å². The third kappa shape index (κ3) is 2.21. The Morgan fingerprint density at radius 3 is 2.91 bits per heavy atom. The number of carbonyl (C=O) groups excluding carboxylic acids is 1. The zero-order valence-electron chi connectivity index (χ0n) is 13.4. The molecule has 0 saturated carbocycles. The van der Waals surface area contributed by atoms with Crippen molar-refractivity contribution in [3.05, 3.63) is 35.4 Å². The van der Waals surface area contributed by atoms with Gasteiger partial charge in [-0.15, -0.1) is 0 Å². The van der Waals surface area contributed by atoms with Crippen LogP contribution in [0.25, 0.3) is 0 Å². The van der Waals surface area contributed by atoms with Crippen molar-refractivity contribution in [3.8, 4) is 0 Å². The molecule has 23 heavy (non-hydrogen) atoms. The summed E-state index contributed by atoms with van der Waals surface area (Å²) in [6, 6.07) is 0.542. The molecule has 3 fully saturated rings. The van der Waals surface area contributed by atoms with Crippen molar-refractivity contribution in [3.63, 3.8) is 0 Å². The molecule has 1 amide bonds. The summed E-state index contributed by atoms with van der Waals surface area (Å²) < 4.78 is 5.83. The Hall–Kier alpha value is -1.75. The molecule has 3 saturated heterocycles. The lowest BCUT2D eigenvalue weighted by molar-refractivity contribution is -0.130. The molecule has 0 spiro atoms. The highest BCUT2D eigenvalue weighted by Gasteiger charge is 2.36. The Balaban J connectivity index is 1.36. The summed E-state index contributed by atoms with van der Waals surface area (Å²) in [5.41, 5.74) is 1.83. The third-order valence-electron chi connectivity index (χ3n) is 5.91. The second-order valence-electron chi connectivity index (χ2n) is 7.39. The Kier molecular flexibility index (Phi) is 3.05. The van der Waals surface area contributed by atoms with E-state index in [1.165, 1.54) is 25.9 Å². The number of amides is 1. The summed E-state index contributed by atoms with van der Waals surface area (Å²) in [4.78, 5) is 19.3. The SMILES string of the molecule is O=C(C1=C2C=CN([C@@H]3C[C@H]4CCN(C4)C3)C=C2OC1)N1CCC1. The topological polar surface area (TPSA) is 36.0 Å². The molecule has 5 nitrogen and oxygen atoms in total. The largest absolute Gasteiger partial charge is 0.486 e. The van der Waals surface area contributed by atoms with E-state index < -0.39 is 0 Å². The van der Waals surface area contributed by atoms with E-state index in [2.05, 4.69) is 28.3 Å². The van der Waals surface area contributed by atoms with Crippen LogP contribution in [-0.2, 0) is 9.53 Å². The summed E-state index contributed by atoms with van der Waals surface area (Å²) in [5, 5.41) is 0. The monoisotopic (exact) mass is 313 g/mol. The fraction of sp³-hybridized carbons (Fsp3) is 0.611. The molecule has 1 unspecified atom stereocenters. The molecule has 2 bridgehead atoms. The molecule has 5 aliphatic rings. The highest BCUT2D eigenvalue weighted by atomic mass is 16.5. The van der Waals surface area contributed by atoms with E-state index in [4.69, 9.17) is 4.74 Å². The molecule has 122 valence electrons. The van der Waals surface area contributed by atoms with Crippen molar-refractivity contribution in [2.45, 2.75) is 25.3 Å². The van der Waals surface area contributed by atoms with Gasteiger partial charge in [0.05, 0.1) is 5.57 Å². The number of allylic oxidation sites excluding steroid dienone is 1. The second-order valence-corrected chi connectivity index (χ2v) is 7.39. The van der Waals surface area contributed by atoms with Gasteiger partial charge in [0.1, 0.15) is 12.4 Å². The first-order valence-corrected chi connectivity index (χ1v) is 8.83. The van der Waals surface area contributed by atoms with Crippen LogP contribution in [0, 0.1) is 5.92 Å². The van der Waals surface area contributed by atoms with Crippen LogP contribution in [0.5, 0.6) is 0 Å². The Morgan fingerprint density at radius 1 is 1.22 bits per heavy atom. The lowest BCUT2D eigenvalue weighted by Crippen LogP contribution is -2.44. The van der Waals surface area contributed by atoms with Crippen LogP contribution in [0.15, 0.2) is 35.4 Å². The van der Waals surface area contributed by atoms with Crippen molar-refractivity contribution < 1.29 is 9.53 Å². The van der Waals surface area contributed by atoms with Gasteiger partial charge in [0.15, 0.2) is 0 Å². The van der Waals surface area contributed by atoms with Crippen LogP contribution >= 0.6 is 0 Å². The van der Waals surface area contributed by atoms with Crippen LogP contribution in [0.3, 0.4) is 0 Å². The Labute approximate surface area is 136 Å². The minimum Gasteiger partial charge on any atom is -0.486 e. The van der Waals surface area contributed by atoms with Crippen LogP contribution in [-0.4, -0.2) is 66.0 Å². The summed E-state index contributed by atoms with van der Waals surface area (Å²) in [5.74, 6) is 1.89. The van der Waals surface area contributed by atoms with Crippen molar-refractivity contribution in [2.75, 3.05) is 39.3 Å². The van der Waals surface area contributed by atoms with Crippen LogP contribution in [0.2, 0.25) is 0 Å². The molecular formula is C18H23N3O2. The number of piperidine rings is 1. The number of ether oxygens (including phenoxy) is 1. The van der Waals surface area contributed by atoms with Gasteiger partial charge >= 0.3 is 0 Å². The molecule has 5 rings (SSSR count). The molecule has 5 aliphatic heterocycles. The summed E-state index contributed by atoms with van der Waals surface area (Å²) in [6.07, 6.45) is 10.1. The Morgan fingerprint density at radius 2 is 2.13 bits per heavy atom. The van der Waals surface area contributed by atoms with Gasteiger partial charge in [0.2, 0.25) is 0 Å². The van der Waals surface area contributed by atoms with Gasteiger partial charge in [-0.25, -0.2) is 0 Å². The van der Waals surface area contributed by atoms with Crippen molar-refractivity contribution in [1.29, 1.82) is 0 Å². The molecular weight excluding hydrogens is 290 g/mol. The first-order valence-electron chi connectivity index (χ1n) is 8.83. The lowest BCUT2D eigenvalue weighted by atomic mass is 9.95. The zero-order valence-corrected chi connectivity index (χ0v) is 13.4. The maximum absolute atomic E-state index is 12.5. The number of carbonyl (C=O) groups is 1. The number of rotatable bonds is 2. The Bertz CT molecular complexity index is 620. The maximum Gasteiger partial charge on any atom is 0.253 e. The summed E-state index contributed by atoms with van der Waals surface area (Å²) in [6.45, 7) is 5.89. The molecule has 0 aliphatic carbocycles. The van der Waals surface area contributed by atoms with Crippen LogP contribution in [0.1, 0.15) is 19.3 Å². The van der Waals surface area contributed by atoms with E-state index >= 15 is 0 Å². The average Bonchev–Trinajstić information content (AvgIpc) is 3.07. The number of likely N-dealkylation sites (tertiary alicyclic amines) is 1. The van der Waals surface area contributed by atoms with Gasteiger partial charge in [0.25, 0.3) is 5.91 Å². The molecule has 5 heteroatoms. The molecule has 0 radical (unpaired) electrons. The first-order chi connectivity index (χ1) is 11.3. The molecule has 0 N–H and O–H groups in total. The normalized spacial score (nSPS) is 35.0. The summed E-state index contributed by atoms with van der Waals surface area (Å²) >= 11 is 0. The van der Waals surface area contributed by atoms with Gasteiger partial charge in [-0.3, -0.25) is 4.79 Å². The maximum atomic E-state index is 12.5. The highest BCUT2D eigenvalue weighted by Crippen LogP contribution is 2.35. The number of fused-ring (bicyclic) bond motifs is 3. The molecule has 3 atom stereocenters. The van der Waals surface area contributed by atoms with Crippen molar-refractivity contribution in [2.24, 2.45) is 5.92 Å². The molecule has 5 heterocycles. The van der Waals surface area contributed by atoms with E-state index in [0.29, 0.717) is 12.6 Å². The quantitative estimate of drug-likeness (QED) is 0.770. The minimum atomic E-state index is 0.162. The standard InChI is InChI=1S/C18H23N3O2/c22-18(20-4-1-5-20)16-12-23-17-11-21(7-3-15(16)17)14-8-13-2-6-19(9-13)10-14/h3,7,11,13-14H,1-2,4-6,8-10,12H2/t13-,14-/m1/s1. The van der Waals surface area contributed by atoms with E-state index in [1.54, 1.807) is 0 Å². The van der Waals surface area contributed by atoms with Crippen molar-refractivity contribution >= 4 is 5.91 Å². The van der Waals surface area contributed by atoms with Gasteiger partial charge in [-0.05, 0) is 37.8 Å². The fourth-order valence-electron chi connectivity index (χ4n) is 4.44. The third-order valence-corrected chi connectivity index (χ3v) is 5.91. The second kappa shape index (κ2) is 5.13. The van der Waals surface area contributed by atoms with E-state index in [-0.39, 0.29) is 5.91 Å². The van der Waals surface area contributed by atoms with E-state index in [9.17, 15) is 4.79 Å². The summed E-state index contributed by atoms with van der Waals surface area (Å²) in [7, 11) is 0. The molecule has 0 aromatic heterocycles. The van der Waals surface area contributed by atoms with Gasteiger partial charge in [-0.1, -0.05) is 0 Å². The van der Waals surface area contributed by atoms with E-state index in [1.807, 2.05) is 4.90 Å². The van der Waals surface area contributed by atoms with Gasteiger partial charge in [0, 0.05) is 50.2 Å². The van der Waals surface area contributed by atoms with E-state index in [0.717, 1.165) is 48.9 Å². The predicted molar refractivity (Wildman–Crippen MR) is 86.2 cm³/mol. The molecule has 0 aromatic carbocycles. The van der Waals surface area contributed by atoms with Crippen LogP contribution < -0.4 is 0 Å². The first kappa shape index (κ1) is 13.7. The van der Waals surface area contributed by atoms with Gasteiger partial charge < -0.3 is 19.4 Å². The number of hydrogen-bond donors (Lipinski definition) is 0. The average molecular weight is 313 g/mol. The fourth-order valence-corrected chi connectivity index (χ4v) is 4.44. The number of nitrogens with zero attached hydrogens (tertiary/aromatic N) is 3. The number of hydrogen-bond acceptors (Lipinski definition) is 4. The smallest absolute Gasteiger partial charge is 0.253 e. The zero-order chi connectivity index (χ0) is 15.4. The van der Waals surface area contributed by atoms with Gasteiger partial charge in [-0.2, -0.15) is 0 Å².